The van der Waals surface area contributed by atoms with Crippen LogP contribution in [0.25, 0.3) is 11.3 Å². The second-order valence-corrected chi connectivity index (χ2v) is 5.62. The lowest BCUT2D eigenvalue weighted by molar-refractivity contribution is 0.0950. The third-order valence-corrected chi connectivity index (χ3v) is 3.64. The first-order valence-corrected chi connectivity index (χ1v) is 7.63. The fraction of sp³-hybridized carbons (Fsp3) is 0. The lowest BCUT2D eigenvalue weighted by atomic mass is 10.1. The number of benzene rings is 1. The van der Waals surface area contributed by atoms with Gasteiger partial charge < -0.3 is 0 Å². The molecular weight excluding hydrogens is 349 g/mol. The van der Waals surface area contributed by atoms with E-state index in [1.54, 1.807) is 42.7 Å². The van der Waals surface area contributed by atoms with Gasteiger partial charge in [-0.15, -0.1) is 0 Å². The van der Waals surface area contributed by atoms with Gasteiger partial charge in [-0.05, 0) is 30.3 Å². The number of pyridine rings is 1. The number of halogens is 2. The summed E-state index contributed by atoms with van der Waals surface area (Å²) in [5.41, 5.74) is 4.67. The maximum absolute atomic E-state index is 12.1. The Hall–Kier alpha value is -2.70. The Morgan fingerprint density at radius 1 is 1.25 bits per heavy atom. The van der Waals surface area contributed by atoms with Gasteiger partial charge in [0.15, 0.2) is 0 Å². The number of nitrogens with zero attached hydrogens (tertiary/aromatic N) is 3. The summed E-state index contributed by atoms with van der Waals surface area (Å²) in [6.45, 7) is 0. The maximum atomic E-state index is 12.1. The Kier molecular flexibility index (Phi) is 4.88. The van der Waals surface area contributed by atoms with Crippen molar-refractivity contribution in [2.75, 3.05) is 0 Å². The van der Waals surface area contributed by atoms with E-state index in [1.165, 1.54) is 6.21 Å². The molecule has 24 heavy (non-hydrogen) atoms. The van der Waals surface area contributed by atoms with E-state index in [9.17, 15) is 4.79 Å². The predicted octanol–water partition coefficient (Wildman–Crippen LogP) is 3.54. The van der Waals surface area contributed by atoms with Crippen molar-refractivity contribution < 1.29 is 4.79 Å². The van der Waals surface area contributed by atoms with E-state index in [0.717, 1.165) is 5.56 Å². The number of hydrogen-bond donors (Lipinski definition) is 2. The number of carbonyl (C=O) groups is 1. The van der Waals surface area contributed by atoms with E-state index in [1.807, 2.05) is 6.07 Å². The van der Waals surface area contributed by atoms with Gasteiger partial charge in [-0.2, -0.15) is 10.2 Å². The number of H-pyrrole nitrogens is 1. The Bertz CT molecular complexity index is 892. The second kappa shape index (κ2) is 7.25. The lowest BCUT2D eigenvalue weighted by Gasteiger charge is -2.00. The fourth-order valence-corrected chi connectivity index (χ4v) is 2.46. The largest absolute Gasteiger partial charge is 0.289 e. The molecular formula is C16H11Cl2N5O. The summed E-state index contributed by atoms with van der Waals surface area (Å²) in [5, 5.41) is 11.6. The second-order valence-electron chi connectivity index (χ2n) is 4.78. The van der Waals surface area contributed by atoms with E-state index in [-0.39, 0.29) is 5.69 Å². The Morgan fingerprint density at radius 3 is 2.88 bits per heavy atom. The normalized spacial score (nSPS) is 10.9. The molecule has 0 aliphatic rings. The number of amides is 1. The van der Waals surface area contributed by atoms with Gasteiger partial charge in [0.05, 0.1) is 16.9 Å². The SMILES string of the molecule is O=C(NN=Cc1cccnc1)c1cc(-c2ccc(Cl)cc2Cl)n[nH]1. The molecule has 2 heterocycles. The summed E-state index contributed by atoms with van der Waals surface area (Å²) >= 11 is 12.0. The van der Waals surface area contributed by atoms with Crippen molar-refractivity contribution in [1.29, 1.82) is 0 Å². The zero-order chi connectivity index (χ0) is 16.9. The molecule has 1 amide bonds. The third-order valence-electron chi connectivity index (χ3n) is 3.09. The number of hydrogen-bond acceptors (Lipinski definition) is 4. The van der Waals surface area contributed by atoms with Crippen LogP contribution in [0.2, 0.25) is 10.0 Å². The topological polar surface area (TPSA) is 83.0 Å². The minimum Gasteiger partial charge on any atom is -0.272 e. The first-order valence-electron chi connectivity index (χ1n) is 6.88. The zero-order valence-electron chi connectivity index (χ0n) is 12.2. The van der Waals surface area contributed by atoms with Crippen molar-refractivity contribution in [2.24, 2.45) is 5.10 Å². The first kappa shape index (κ1) is 16.2. The molecule has 8 heteroatoms. The van der Waals surface area contributed by atoms with Crippen molar-refractivity contribution in [2.45, 2.75) is 0 Å². The average molecular weight is 360 g/mol. The van der Waals surface area contributed by atoms with Crippen LogP contribution in [-0.2, 0) is 0 Å². The highest BCUT2D eigenvalue weighted by Crippen LogP contribution is 2.29. The van der Waals surface area contributed by atoms with Crippen molar-refractivity contribution in [3.8, 4) is 11.3 Å². The number of nitrogens with one attached hydrogen (secondary N) is 2. The van der Waals surface area contributed by atoms with E-state index < -0.39 is 5.91 Å². The van der Waals surface area contributed by atoms with Crippen LogP contribution in [-0.4, -0.2) is 27.3 Å². The predicted molar refractivity (Wildman–Crippen MR) is 93.3 cm³/mol. The van der Waals surface area contributed by atoms with Crippen LogP contribution >= 0.6 is 23.2 Å². The molecule has 6 nitrogen and oxygen atoms in total. The van der Waals surface area contributed by atoms with Crippen molar-refractivity contribution in [3.63, 3.8) is 0 Å². The van der Waals surface area contributed by atoms with E-state index in [2.05, 4.69) is 25.7 Å². The van der Waals surface area contributed by atoms with Crippen LogP contribution in [0.4, 0.5) is 0 Å². The summed E-state index contributed by atoms with van der Waals surface area (Å²) in [7, 11) is 0. The Labute approximate surface area is 147 Å². The number of carbonyl (C=O) groups excluding carboxylic acids is 1. The number of aromatic amines is 1. The highest BCUT2D eigenvalue weighted by molar-refractivity contribution is 6.36. The van der Waals surface area contributed by atoms with Gasteiger partial charge in [0.2, 0.25) is 0 Å². The minimum atomic E-state index is -0.418. The van der Waals surface area contributed by atoms with E-state index in [0.29, 0.717) is 21.3 Å². The molecule has 2 aromatic heterocycles. The molecule has 0 aliphatic carbocycles. The van der Waals surface area contributed by atoms with Gasteiger partial charge >= 0.3 is 0 Å². The van der Waals surface area contributed by atoms with Crippen LogP contribution in [0.5, 0.6) is 0 Å². The molecule has 0 fully saturated rings. The molecule has 0 saturated heterocycles. The summed E-state index contributed by atoms with van der Waals surface area (Å²) in [4.78, 5) is 16.0. The van der Waals surface area contributed by atoms with E-state index in [4.69, 9.17) is 23.2 Å². The molecule has 2 N–H and O–H groups in total. The molecule has 0 spiro atoms. The molecule has 120 valence electrons. The molecule has 0 bridgehead atoms. The smallest absolute Gasteiger partial charge is 0.272 e. The van der Waals surface area contributed by atoms with Gasteiger partial charge in [0.1, 0.15) is 5.69 Å². The molecule has 0 unspecified atom stereocenters. The number of rotatable bonds is 4. The van der Waals surface area contributed by atoms with Crippen LogP contribution in [0.15, 0.2) is 53.9 Å². The first-order chi connectivity index (χ1) is 11.6. The maximum Gasteiger partial charge on any atom is 0.289 e. The molecule has 0 atom stereocenters. The average Bonchev–Trinajstić information content (AvgIpc) is 3.05. The standard InChI is InChI=1S/C16H11Cl2N5O/c17-11-3-4-12(13(18)6-11)14-7-15(22-21-14)16(24)23-20-9-10-2-1-5-19-8-10/h1-9H,(H,21,22)(H,23,24). The quantitative estimate of drug-likeness (QED) is 0.551. The van der Waals surface area contributed by atoms with Crippen LogP contribution in [0.1, 0.15) is 16.1 Å². The van der Waals surface area contributed by atoms with Crippen LogP contribution in [0, 0.1) is 0 Å². The van der Waals surface area contributed by atoms with Crippen molar-refractivity contribution >= 4 is 35.3 Å². The highest BCUT2D eigenvalue weighted by Gasteiger charge is 2.12. The summed E-state index contributed by atoms with van der Waals surface area (Å²) < 4.78 is 0. The minimum absolute atomic E-state index is 0.263. The molecule has 3 aromatic rings. The van der Waals surface area contributed by atoms with Gasteiger partial charge in [-0.1, -0.05) is 29.3 Å². The van der Waals surface area contributed by atoms with Gasteiger partial charge in [-0.25, -0.2) is 5.43 Å². The Morgan fingerprint density at radius 2 is 2.12 bits per heavy atom. The molecule has 3 rings (SSSR count). The summed E-state index contributed by atoms with van der Waals surface area (Å²) in [5.74, 6) is -0.418. The van der Waals surface area contributed by atoms with E-state index >= 15 is 0 Å². The van der Waals surface area contributed by atoms with Crippen LogP contribution in [0.3, 0.4) is 0 Å². The van der Waals surface area contributed by atoms with Gasteiger partial charge in [0, 0.05) is 28.5 Å². The van der Waals surface area contributed by atoms with Crippen LogP contribution < -0.4 is 5.43 Å². The lowest BCUT2D eigenvalue weighted by Crippen LogP contribution is -2.18. The molecule has 1 aromatic carbocycles. The fourth-order valence-electron chi connectivity index (χ4n) is 1.95. The number of aromatic nitrogens is 3. The summed E-state index contributed by atoms with van der Waals surface area (Å²) in [6.07, 6.45) is 4.79. The molecule has 0 aliphatic heterocycles. The summed E-state index contributed by atoms with van der Waals surface area (Å²) in [6, 6.07) is 10.2. The molecule has 0 saturated carbocycles. The van der Waals surface area contributed by atoms with Gasteiger partial charge in [-0.3, -0.25) is 14.9 Å². The Balaban J connectivity index is 1.71. The highest BCUT2D eigenvalue weighted by atomic mass is 35.5. The monoisotopic (exact) mass is 359 g/mol. The van der Waals surface area contributed by atoms with Gasteiger partial charge in [0.25, 0.3) is 5.91 Å². The van der Waals surface area contributed by atoms with Crippen molar-refractivity contribution in [1.82, 2.24) is 20.6 Å². The molecule has 0 radical (unpaired) electrons. The number of hydrazone groups is 1. The third kappa shape index (κ3) is 3.79. The zero-order valence-corrected chi connectivity index (χ0v) is 13.7. The van der Waals surface area contributed by atoms with Crippen molar-refractivity contribution in [3.05, 3.63) is 70.1 Å².